The Balaban J connectivity index is 1.85. The number of hydrogen-bond donors (Lipinski definition) is 2. The van der Waals surface area contributed by atoms with E-state index < -0.39 is 11.2 Å². The summed E-state index contributed by atoms with van der Waals surface area (Å²) >= 11 is 7.60. The molecule has 4 heterocycles. The first-order valence-electron chi connectivity index (χ1n) is 10.8. The molecule has 0 amide bonds. The highest BCUT2D eigenvalue weighted by Crippen LogP contribution is 2.33. The van der Waals surface area contributed by atoms with E-state index in [-0.39, 0.29) is 5.92 Å². The number of nitrogens with zero attached hydrogens (tertiary/aromatic N) is 5. The number of rotatable bonds is 5. The molecule has 0 saturated carbocycles. The Morgan fingerprint density at radius 3 is 2.71 bits per heavy atom. The van der Waals surface area contributed by atoms with E-state index in [1.807, 2.05) is 45.2 Å². The van der Waals surface area contributed by atoms with Crippen molar-refractivity contribution in [3.63, 3.8) is 0 Å². The quantitative estimate of drug-likeness (QED) is 0.383. The molecule has 0 bridgehead atoms. The zero-order chi connectivity index (χ0) is 24.3. The summed E-state index contributed by atoms with van der Waals surface area (Å²) in [6.07, 6.45) is 1.90. The highest BCUT2D eigenvalue weighted by molar-refractivity contribution is 7.15. The molecule has 5 aromatic rings. The molecule has 5 rings (SSSR count). The highest BCUT2D eigenvalue weighted by atomic mass is 35.5. The lowest BCUT2D eigenvalue weighted by molar-refractivity contribution is 0.498. The summed E-state index contributed by atoms with van der Waals surface area (Å²) < 4.78 is 4.45. The second-order valence-electron chi connectivity index (χ2n) is 8.82. The molecule has 0 spiro atoms. The molecule has 0 radical (unpaired) electrons. The lowest BCUT2D eigenvalue weighted by Crippen LogP contribution is -2.38. The third kappa shape index (κ3) is 3.54. The predicted molar refractivity (Wildman–Crippen MR) is 137 cm³/mol. The number of halogens is 1. The molecule has 0 fully saturated rings. The Labute approximate surface area is 203 Å². The summed E-state index contributed by atoms with van der Waals surface area (Å²) in [6, 6.07) is 5.64. The van der Waals surface area contributed by atoms with Gasteiger partial charge in [0.2, 0.25) is 0 Å². The van der Waals surface area contributed by atoms with Crippen molar-refractivity contribution in [1.29, 1.82) is 0 Å². The van der Waals surface area contributed by atoms with Gasteiger partial charge in [-0.05, 0) is 36.6 Å². The van der Waals surface area contributed by atoms with Gasteiger partial charge < -0.3 is 10.7 Å². The molecule has 34 heavy (non-hydrogen) atoms. The number of benzene rings is 1. The van der Waals surface area contributed by atoms with Crippen LogP contribution in [-0.2, 0) is 20.1 Å². The van der Waals surface area contributed by atoms with Crippen LogP contribution in [0.1, 0.15) is 24.3 Å². The van der Waals surface area contributed by atoms with Gasteiger partial charge in [0.1, 0.15) is 16.8 Å². The van der Waals surface area contributed by atoms with Gasteiger partial charge in [0.25, 0.3) is 5.56 Å². The molecule has 0 aliphatic carbocycles. The minimum absolute atomic E-state index is 0.180. The number of fused-ring (bicyclic) bond motifs is 2. The molecule has 4 aromatic heterocycles. The van der Waals surface area contributed by atoms with Crippen LogP contribution in [0.3, 0.4) is 0 Å². The Hall–Kier alpha value is -3.37. The van der Waals surface area contributed by atoms with Gasteiger partial charge in [0.15, 0.2) is 10.8 Å². The molecule has 11 heteroatoms. The van der Waals surface area contributed by atoms with E-state index in [2.05, 4.69) is 9.97 Å². The zero-order valence-corrected chi connectivity index (χ0v) is 20.8. The van der Waals surface area contributed by atoms with Crippen LogP contribution in [0.2, 0.25) is 5.02 Å². The summed E-state index contributed by atoms with van der Waals surface area (Å²) in [4.78, 5) is 35.1. The first-order valence-corrected chi connectivity index (χ1v) is 12.0. The lowest BCUT2D eigenvalue weighted by atomic mass is 10.1. The van der Waals surface area contributed by atoms with Gasteiger partial charge in [0.05, 0.1) is 6.54 Å². The Morgan fingerprint density at radius 1 is 1.26 bits per heavy atom. The number of aryl methyl sites for hydroxylation is 1. The normalized spacial score (nSPS) is 11.9. The molecule has 9 nitrogen and oxygen atoms in total. The fourth-order valence-corrected chi connectivity index (χ4v) is 5.19. The Bertz CT molecular complexity index is 1690. The van der Waals surface area contributed by atoms with E-state index in [4.69, 9.17) is 22.4 Å². The van der Waals surface area contributed by atoms with Gasteiger partial charge in [-0.3, -0.25) is 18.6 Å². The summed E-state index contributed by atoms with van der Waals surface area (Å²) in [5.41, 5.74) is 8.59. The van der Waals surface area contributed by atoms with Crippen molar-refractivity contribution in [2.75, 3.05) is 5.73 Å². The van der Waals surface area contributed by atoms with Gasteiger partial charge in [-0.2, -0.15) is 5.10 Å². The molecule has 0 saturated heterocycles. The highest BCUT2D eigenvalue weighted by Gasteiger charge is 2.26. The number of anilines is 1. The van der Waals surface area contributed by atoms with Crippen molar-refractivity contribution in [2.24, 2.45) is 13.0 Å². The molecule has 0 aliphatic rings. The van der Waals surface area contributed by atoms with E-state index >= 15 is 0 Å². The van der Waals surface area contributed by atoms with E-state index in [1.54, 1.807) is 9.25 Å². The number of H-pyrrole nitrogens is 1. The van der Waals surface area contributed by atoms with Crippen molar-refractivity contribution in [3.8, 4) is 11.4 Å². The maximum absolute atomic E-state index is 13.4. The zero-order valence-electron chi connectivity index (χ0n) is 19.2. The number of nitrogens with one attached hydrogen (secondary N) is 1. The van der Waals surface area contributed by atoms with Gasteiger partial charge in [-0.1, -0.05) is 25.4 Å². The maximum atomic E-state index is 13.4. The van der Waals surface area contributed by atoms with Crippen molar-refractivity contribution < 1.29 is 0 Å². The summed E-state index contributed by atoms with van der Waals surface area (Å²) in [5, 5.41) is 7.15. The largest absolute Gasteiger partial charge is 0.375 e. The van der Waals surface area contributed by atoms with Crippen LogP contribution < -0.4 is 17.0 Å². The third-order valence-corrected chi connectivity index (χ3v) is 6.90. The molecule has 0 atom stereocenters. The standard InChI is InChI=1S/C23H24ClN7O2S/c1-11(2)9-30-20-17(21(32)29(4)23(30)33)19(18-12(3)34-22(25)27-18)31(28-20)10-13-8-26-16-6-5-14(24)7-15(13)16/h5-8,11,26H,9-10H2,1-4H3,(H2,25,27). The molecule has 1 aromatic carbocycles. The third-order valence-electron chi connectivity index (χ3n) is 5.86. The smallest absolute Gasteiger partial charge is 0.332 e. The van der Waals surface area contributed by atoms with Crippen LogP contribution in [0.15, 0.2) is 34.0 Å². The summed E-state index contributed by atoms with van der Waals surface area (Å²) in [7, 11) is 1.49. The lowest BCUT2D eigenvalue weighted by Gasteiger charge is -2.10. The van der Waals surface area contributed by atoms with Crippen molar-refractivity contribution >= 4 is 50.0 Å². The van der Waals surface area contributed by atoms with Crippen molar-refractivity contribution in [3.05, 3.63) is 60.7 Å². The van der Waals surface area contributed by atoms with E-state index in [1.165, 1.54) is 18.4 Å². The monoisotopic (exact) mass is 497 g/mol. The fourth-order valence-electron chi connectivity index (χ4n) is 4.33. The van der Waals surface area contributed by atoms with E-state index in [0.29, 0.717) is 45.7 Å². The van der Waals surface area contributed by atoms with Gasteiger partial charge in [-0.15, -0.1) is 11.3 Å². The Kier molecular flexibility index (Phi) is 5.37. The number of aromatic amines is 1. The molecule has 3 N–H and O–H groups in total. The van der Waals surface area contributed by atoms with Crippen LogP contribution in [0, 0.1) is 12.8 Å². The first-order chi connectivity index (χ1) is 16.2. The molecule has 0 unspecified atom stereocenters. The van der Waals surface area contributed by atoms with Crippen LogP contribution in [0.5, 0.6) is 0 Å². The number of nitrogens with two attached hydrogens (primary N) is 1. The fraction of sp³-hybridized carbons (Fsp3) is 0.304. The van der Waals surface area contributed by atoms with Crippen LogP contribution in [0.25, 0.3) is 33.3 Å². The number of nitrogen functional groups attached to an aromatic ring is 1. The Morgan fingerprint density at radius 2 is 2.03 bits per heavy atom. The molecule has 176 valence electrons. The number of thiazole rings is 1. The molecular weight excluding hydrogens is 474 g/mol. The average Bonchev–Trinajstić information content (AvgIpc) is 3.44. The minimum atomic E-state index is -0.408. The second-order valence-corrected chi connectivity index (χ2v) is 10.5. The summed E-state index contributed by atoms with van der Waals surface area (Å²) in [6.45, 7) is 6.72. The van der Waals surface area contributed by atoms with E-state index in [9.17, 15) is 9.59 Å². The molecule has 0 aliphatic heterocycles. The van der Waals surface area contributed by atoms with Gasteiger partial charge >= 0.3 is 5.69 Å². The van der Waals surface area contributed by atoms with Crippen molar-refractivity contribution in [2.45, 2.75) is 33.9 Å². The SMILES string of the molecule is Cc1sc(N)nc1-c1c2c(=O)n(C)c(=O)n(CC(C)C)c2nn1Cc1c[nH]c2ccc(Cl)cc12. The van der Waals surface area contributed by atoms with Gasteiger partial charge in [-0.25, -0.2) is 9.78 Å². The number of hydrogen-bond acceptors (Lipinski definition) is 6. The average molecular weight is 498 g/mol. The topological polar surface area (TPSA) is 117 Å². The molecular formula is C23H24ClN7O2S. The second kappa shape index (κ2) is 8.14. The number of aromatic nitrogens is 6. The van der Waals surface area contributed by atoms with Gasteiger partial charge in [0, 0.05) is 40.6 Å². The predicted octanol–water partition coefficient (Wildman–Crippen LogP) is 3.75. The first kappa shape index (κ1) is 22.4. The van der Waals surface area contributed by atoms with Crippen molar-refractivity contribution in [1.82, 2.24) is 28.9 Å². The van der Waals surface area contributed by atoms with Crippen LogP contribution in [-0.4, -0.2) is 28.9 Å². The summed E-state index contributed by atoms with van der Waals surface area (Å²) in [5.74, 6) is 0.180. The van der Waals surface area contributed by atoms with E-state index in [0.717, 1.165) is 25.9 Å². The maximum Gasteiger partial charge on any atom is 0.332 e. The minimum Gasteiger partial charge on any atom is -0.375 e. The van der Waals surface area contributed by atoms with Crippen LogP contribution >= 0.6 is 22.9 Å². The van der Waals surface area contributed by atoms with Crippen LogP contribution in [0.4, 0.5) is 5.13 Å².